The van der Waals surface area contributed by atoms with E-state index in [0.29, 0.717) is 16.8 Å². The number of halogens is 1. The van der Waals surface area contributed by atoms with E-state index < -0.39 is 11.7 Å². The Morgan fingerprint density at radius 1 is 0.815 bits per heavy atom. The van der Waals surface area contributed by atoms with Crippen LogP contribution in [0.2, 0.25) is 0 Å². The second kappa shape index (κ2) is 8.27. The number of carbonyl (C=O) groups is 2. The predicted octanol–water partition coefficient (Wildman–Crippen LogP) is 4.57. The molecule has 0 saturated carbocycles. The van der Waals surface area contributed by atoms with Crippen LogP contribution in [0.1, 0.15) is 39.2 Å². The summed E-state index contributed by atoms with van der Waals surface area (Å²) >= 11 is 0. The van der Waals surface area contributed by atoms with Gasteiger partial charge in [0.15, 0.2) is 0 Å². The first-order chi connectivity index (χ1) is 13.0. The van der Waals surface area contributed by atoms with E-state index in [4.69, 9.17) is 0 Å². The average Bonchev–Trinajstić information content (AvgIpc) is 2.69. The molecule has 0 aliphatic rings. The van der Waals surface area contributed by atoms with Crippen LogP contribution in [-0.4, -0.2) is 11.8 Å². The summed E-state index contributed by atoms with van der Waals surface area (Å²) in [6.45, 7) is 1.90. The van der Waals surface area contributed by atoms with Crippen LogP contribution in [0.5, 0.6) is 0 Å². The molecule has 4 nitrogen and oxygen atoms in total. The van der Waals surface area contributed by atoms with Gasteiger partial charge in [-0.25, -0.2) is 4.39 Å². The van der Waals surface area contributed by atoms with Crippen molar-refractivity contribution >= 4 is 17.5 Å². The number of para-hydroxylation sites is 1. The molecule has 3 rings (SSSR count). The molecule has 0 spiro atoms. The molecule has 2 N–H and O–H groups in total. The van der Waals surface area contributed by atoms with Crippen molar-refractivity contribution in [3.05, 3.63) is 101 Å². The van der Waals surface area contributed by atoms with Crippen molar-refractivity contribution in [1.82, 2.24) is 5.32 Å². The molecule has 3 aromatic rings. The quantitative estimate of drug-likeness (QED) is 0.698. The van der Waals surface area contributed by atoms with Crippen LogP contribution in [0.4, 0.5) is 10.1 Å². The highest BCUT2D eigenvalue weighted by Gasteiger charge is 2.16. The molecule has 5 heteroatoms. The Bertz CT molecular complexity index is 940. The molecular weight excluding hydrogens is 343 g/mol. The van der Waals surface area contributed by atoms with Gasteiger partial charge in [-0.2, -0.15) is 0 Å². The van der Waals surface area contributed by atoms with E-state index in [0.717, 1.165) is 5.56 Å². The van der Waals surface area contributed by atoms with Crippen LogP contribution >= 0.6 is 0 Å². The summed E-state index contributed by atoms with van der Waals surface area (Å²) in [7, 11) is 0. The number of amides is 2. The molecule has 136 valence electrons. The van der Waals surface area contributed by atoms with Gasteiger partial charge in [-0.15, -0.1) is 0 Å². The minimum Gasteiger partial charge on any atom is -0.345 e. The lowest BCUT2D eigenvalue weighted by Crippen LogP contribution is -2.28. The van der Waals surface area contributed by atoms with Crippen LogP contribution in [0, 0.1) is 5.82 Å². The number of hydrogen-bond donors (Lipinski definition) is 2. The minimum absolute atomic E-state index is 0.181. The van der Waals surface area contributed by atoms with Crippen molar-refractivity contribution in [2.45, 2.75) is 13.0 Å². The monoisotopic (exact) mass is 362 g/mol. The van der Waals surface area contributed by atoms with Gasteiger partial charge in [0, 0.05) is 5.56 Å². The molecular formula is C22H19FN2O2. The number of rotatable bonds is 5. The van der Waals surface area contributed by atoms with Crippen molar-refractivity contribution in [2.75, 3.05) is 5.32 Å². The van der Waals surface area contributed by atoms with Crippen LogP contribution in [-0.2, 0) is 0 Å². The Labute approximate surface area is 157 Å². The second-order valence-corrected chi connectivity index (χ2v) is 6.11. The van der Waals surface area contributed by atoms with E-state index in [1.165, 1.54) is 24.3 Å². The minimum atomic E-state index is -0.416. The zero-order valence-corrected chi connectivity index (χ0v) is 14.8. The van der Waals surface area contributed by atoms with Crippen molar-refractivity contribution in [2.24, 2.45) is 0 Å². The van der Waals surface area contributed by atoms with Gasteiger partial charge < -0.3 is 10.6 Å². The van der Waals surface area contributed by atoms with Gasteiger partial charge >= 0.3 is 0 Å². The summed E-state index contributed by atoms with van der Waals surface area (Å²) in [4.78, 5) is 25.1. The highest BCUT2D eigenvalue weighted by atomic mass is 19.1. The van der Waals surface area contributed by atoms with Crippen LogP contribution in [0.15, 0.2) is 78.9 Å². The number of anilines is 1. The first kappa shape index (κ1) is 18.3. The molecule has 0 fully saturated rings. The molecule has 0 heterocycles. The third kappa shape index (κ3) is 4.58. The molecule has 0 radical (unpaired) electrons. The maximum Gasteiger partial charge on any atom is 0.255 e. The smallest absolute Gasteiger partial charge is 0.255 e. The summed E-state index contributed by atoms with van der Waals surface area (Å²) in [5.41, 5.74) is 2.04. The summed E-state index contributed by atoms with van der Waals surface area (Å²) in [6, 6.07) is 21.4. The first-order valence-corrected chi connectivity index (χ1v) is 8.56. The third-order valence-electron chi connectivity index (χ3n) is 4.17. The molecule has 0 bridgehead atoms. The molecule has 0 aliphatic heterocycles. The van der Waals surface area contributed by atoms with Gasteiger partial charge in [0.05, 0.1) is 17.3 Å². The zero-order chi connectivity index (χ0) is 19.2. The Morgan fingerprint density at radius 3 is 2.15 bits per heavy atom. The molecule has 3 aromatic carbocycles. The highest BCUT2D eigenvalue weighted by molar-refractivity contribution is 6.09. The highest BCUT2D eigenvalue weighted by Crippen LogP contribution is 2.19. The van der Waals surface area contributed by atoms with Gasteiger partial charge in [-0.1, -0.05) is 42.5 Å². The lowest BCUT2D eigenvalue weighted by molar-refractivity contribution is 0.0941. The summed E-state index contributed by atoms with van der Waals surface area (Å²) < 4.78 is 13.0. The van der Waals surface area contributed by atoms with Crippen molar-refractivity contribution in [1.29, 1.82) is 0 Å². The van der Waals surface area contributed by atoms with E-state index in [1.807, 2.05) is 37.3 Å². The molecule has 0 aliphatic carbocycles. The lowest BCUT2D eigenvalue weighted by atomic mass is 10.1. The molecule has 0 unspecified atom stereocenters. The number of nitrogens with one attached hydrogen (secondary N) is 2. The van der Waals surface area contributed by atoms with Crippen LogP contribution < -0.4 is 10.6 Å². The van der Waals surface area contributed by atoms with E-state index in [2.05, 4.69) is 10.6 Å². The third-order valence-corrected chi connectivity index (χ3v) is 4.17. The van der Waals surface area contributed by atoms with Gasteiger partial charge in [0.1, 0.15) is 5.82 Å². The van der Waals surface area contributed by atoms with Crippen molar-refractivity contribution in [3.63, 3.8) is 0 Å². The van der Waals surface area contributed by atoms with Crippen molar-refractivity contribution in [3.8, 4) is 0 Å². The van der Waals surface area contributed by atoms with E-state index >= 15 is 0 Å². The molecule has 0 saturated heterocycles. The van der Waals surface area contributed by atoms with Gasteiger partial charge in [-0.3, -0.25) is 9.59 Å². The Balaban J connectivity index is 1.76. The summed E-state index contributed by atoms with van der Waals surface area (Å²) in [5, 5.41) is 5.65. The molecule has 1 atom stereocenters. The van der Waals surface area contributed by atoms with Crippen LogP contribution in [0.25, 0.3) is 0 Å². The van der Waals surface area contributed by atoms with Crippen LogP contribution in [0.3, 0.4) is 0 Å². The maximum absolute atomic E-state index is 13.0. The fourth-order valence-electron chi connectivity index (χ4n) is 2.69. The Kier molecular flexibility index (Phi) is 5.61. The van der Waals surface area contributed by atoms with Gasteiger partial charge in [0.2, 0.25) is 0 Å². The predicted molar refractivity (Wildman–Crippen MR) is 103 cm³/mol. The van der Waals surface area contributed by atoms with E-state index in [1.54, 1.807) is 24.3 Å². The normalized spacial score (nSPS) is 11.5. The number of hydrogen-bond acceptors (Lipinski definition) is 2. The number of carbonyl (C=O) groups excluding carboxylic acids is 2. The molecule has 2 amide bonds. The SMILES string of the molecule is C[C@@H](NC(=O)c1ccccc1NC(=O)c1ccc(F)cc1)c1ccccc1. The van der Waals surface area contributed by atoms with Gasteiger partial charge in [0.25, 0.3) is 11.8 Å². The summed E-state index contributed by atoms with van der Waals surface area (Å²) in [5.74, 6) is -1.12. The second-order valence-electron chi connectivity index (χ2n) is 6.11. The Morgan fingerprint density at radius 2 is 1.44 bits per heavy atom. The first-order valence-electron chi connectivity index (χ1n) is 8.56. The fraction of sp³-hybridized carbons (Fsp3) is 0.0909. The average molecular weight is 362 g/mol. The molecule has 27 heavy (non-hydrogen) atoms. The summed E-state index contributed by atoms with van der Waals surface area (Å²) in [6.07, 6.45) is 0. The largest absolute Gasteiger partial charge is 0.345 e. The van der Waals surface area contributed by atoms with Gasteiger partial charge in [-0.05, 0) is 48.9 Å². The lowest BCUT2D eigenvalue weighted by Gasteiger charge is -2.16. The topological polar surface area (TPSA) is 58.2 Å². The molecule has 0 aromatic heterocycles. The van der Waals surface area contributed by atoms with E-state index in [9.17, 15) is 14.0 Å². The maximum atomic E-state index is 13.0. The Hall–Kier alpha value is -3.47. The van der Waals surface area contributed by atoms with Crippen molar-refractivity contribution < 1.29 is 14.0 Å². The zero-order valence-electron chi connectivity index (χ0n) is 14.8. The number of benzene rings is 3. The standard InChI is InChI=1S/C22H19FN2O2/c1-15(16-7-3-2-4-8-16)24-22(27)19-9-5-6-10-20(19)25-21(26)17-11-13-18(23)14-12-17/h2-15H,1H3,(H,24,27)(H,25,26)/t15-/m1/s1. The fourth-order valence-corrected chi connectivity index (χ4v) is 2.69. The van der Waals surface area contributed by atoms with E-state index in [-0.39, 0.29) is 11.9 Å².